The maximum atomic E-state index is 10.7. The van der Waals surface area contributed by atoms with Crippen LogP contribution in [0.3, 0.4) is 0 Å². The minimum Gasteiger partial charge on any atom is -0.299 e. The van der Waals surface area contributed by atoms with Crippen LogP contribution in [0.15, 0.2) is 11.4 Å². The van der Waals surface area contributed by atoms with E-state index in [9.17, 15) is 10.1 Å². The van der Waals surface area contributed by atoms with Crippen molar-refractivity contribution in [2.45, 2.75) is 38.3 Å². The van der Waals surface area contributed by atoms with E-state index in [-0.39, 0.29) is 9.92 Å². The molecule has 1 atom stereocenters. The van der Waals surface area contributed by atoms with Gasteiger partial charge in [-0.05, 0) is 50.9 Å². The zero-order valence-electron chi connectivity index (χ0n) is 11.7. The Hall–Kier alpha value is -0.980. The van der Waals surface area contributed by atoms with Crippen LogP contribution in [0.5, 0.6) is 0 Å². The predicted molar refractivity (Wildman–Crippen MR) is 80.1 cm³/mol. The quantitative estimate of drug-likeness (QED) is 0.633. The first-order valence-corrected chi connectivity index (χ1v) is 8.28. The summed E-state index contributed by atoms with van der Waals surface area (Å²) in [7, 11) is 0. The lowest BCUT2D eigenvalue weighted by Crippen LogP contribution is -2.46. The topological polar surface area (TPSA) is 49.6 Å². The average molecular weight is 295 g/mol. The summed E-state index contributed by atoms with van der Waals surface area (Å²) in [6, 6.07) is 2.42. The highest BCUT2D eigenvalue weighted by molar-refractivity contribution is 7.13. The summed E-state index contributed by atoms with van der Waals surface area (Å²) in [6.45, 7) is 5.59. The Kier molecular flexibility index (Phi) is 4.33. The average Bonchev–Trinajstić information content (AvgIpc) is 3.10. The summed E-state index contributed by atoms with van der Waals surface area (Å²) in [6.07, 6.45) is 5.23. The molecule has 0 amide bonds. The van der Waals surface area contributed by atoms with Gasteiger partial charge in [-0.25, -0.2) is 0 Å². The van der Waals surface area contributed by atoms with Crippen LogP contribution in [0.4, 0.5) is 5.00 Å². The van der Waals surface area contributed by atoms with Gasteiger partial charge in [0.05, 0.1) is 4.92 Å². The van der Waals surface area contributed by atoms with Crippen molar-refractivity contribution in [3.63, 3.8) is 0 Å². The van der Waals surface area contributed by atoms with Gasteiger partial charge >= 0.3 is 5.00 Å². The minimum atomic E-state index is -0.294. The fraction of sp³-hybridized carbons (Fsp3) is 0.714. The normalized spacial score (nSPS) is 25.1. The van der Waals surface area contributed by atoms with E-state index in [0.717, 1.165) is 25.2 Å². The first-order chi connectivity index (χ1) is 9.72. The van der Waals surface area contributed by atoms with Gasteiger partial charge in [0.2, 0.25) is 0 Å². The van der Waals surface area contributed by atoms with Gasteiger partial charge in [0.25, 0.3) is 0 Å². The largest absolute Gasteiger partial charge is 0.324 e. The molecule has 1 aromatic heterocycles. The monoisotopic (exact) mass is 295 g/mol. The molecule has 0 spiro atoms. The Balaban J connectivity index is 1.57. The first-order valence-electron chi connectivity index (χ1n) is 7.40. The van der Waals surface area contributed by atoms with Crippen LogP contribution in [-0.4, -0.2) is 46.9 Å². The van der Waals surface area contributed by atoms with E-state index >= 15 is 0 Å². The minimum absolute atomic E-state index is 0.258. The lowest BCUT2D eigenvalue weighted by Gasteiger charge is -2.37. The van der Waals surface area contributed by atoms with Gasteiger partial charge in [0.1, 0.15) is 0 Å². The Morgan fingerprint density at radius 3 is 2.80 bits per heavy atom. The van der Waals surface area contributed by atoms with Crippen LogP contribution in [0.1, 0.15) is 31.2 Å². The number of nitro groups is 1. The van der Waals surface area contributed by atoms with Crippen LogP contribution in [0.25, 0.3) is 0 Å². The highest BCUT2D eigenvalue weighted by Crippen LogP contribution is 2.26. The third-order valence-corrected chi connectivity index (χ3v) is 5.29. The lowest BCUT2D eigenvalue weighted by molar-refractivity contribution is -0.380. The van der Waals surface area contributed by atoms with Gasteiger partial charge in [-0.2, -0.15) is 0 Å². The molecule has 2 fully saturated rings. The summed E-state index contributed by atoms with van der Waals surface area (Å²) < 4.78 is 0. The summed E-state index contributed by atoms with van der Waals surface area (Å²) in [5, 5.41) is 12.9. The second-order valence-electron chi connectivity index (χ2n) is 5.82. The predicted octanol–water partition coefficient (Wildman–Crippen LogP) is 2.72. The maximum absolute atomic E-state index is 10.7. The third kappa shape index (κ3) is 3.19. The summed E-state index contributed by atoms with van der Waals surface area (Å²) in [4.78, 5) is 15.5. The molecule has 0 aliphatic carbocycles. The van der Waals surface area contributed by atoms with Crippen molar-refractivity contribution in [3.05, 3.63) is 27.1 Å². The van der Waals surface area contributed by atoms with Gasteiger partial charge in [-0.3, -0.25) is 19.9 Å². The van der Waals surface area contributed by atoms with Crippen LogP contribution < -0.4 is 0 Å². The summed E-state index contributed by atoms with van der Waals surface area (Å²) in [5.41, 5.74) is 1.09. The summed E-state index contributed by atoms with van der Waals surface area (Å²) in [5.74, 6) is 0. The van der Waals surface area contributed by atoms with Crippen molar-refractivity contribution in [2.75, 3.05) is 26.2 Å². The molecule has 1 aromatic rings. The molecule has 0 aromatic carbocycles. The molecular weight excluding hydrogens is 274 g/mol. The van der Waals surface area contributed by atoms with Crippen LogP contribution >= 0.6 is 11.3 Å². The number of piperidine rings is 1. The molecule has 20 heavy (non-hydrogen) atoms. The zero-order chi connectivity index (χ0) is 13.9. The number of nitrogens with zero attached hydrogens (tertiary/aromatic N) is 3. The van der Waals surface area contributed by atoms with E-state index in [1.807, 2.05) is 5.38 Å². The Labute approximate surface area is 123 Å². The van der Waals surface area contributed by atoms with Crippen molar-refractivity contribution in [1.82, 2.24) is 9.80 Å². The number of hydrogen-bond acceptors (Lipinski definition) is 5. The van der Waals surface area contributed by atoms with Crippen molar-refractivity contribution in [2.24, 2.45) is 0 Å². The van der Waals surface area contributed by atoms with Crippen molar-refractivity contribution in [1.29, 1.82) is 0 Å². The first kappa shape index (κ1) is 14.0. The number of hydrogen-bond donors (Lipinski definition) is 0. The van der Waals surface area contributed by atoms with Gasteiger partial charge in [0.15, 0.2) is 0 Å². The SMILES string of the molecule is O=[N+]([O-])c1cc(CN2CCC[C@H](N3CCCC3)C2)cs1. The van der Waals surface area contributed by atoms with E-state index in [2.05, 4.69) is 9.80 Å². The Morgan fingerprint density at radius 2 is 2.10 bits per heavy atom. The molecule has 0 bridgehead atoms. The second-order valence-corrected chi connectivity index (χ2v) is 6.71. The fourth-order valence-electron chi connectivity index (χ4n) is 3.38. The van der Waals surface area contributed by atoms with E-state index in [4.69, 9.17) is 0 Å². The Morgan fingerprint density at radius 1 is 1.30 bits per heavy atom. The molecule has 0 N–H and O–H groups in total. The van der Waals surface area contributed by atoms with Crippen molar-refractivity contribution < 1.29 is 4.92 Å². The van der Waals surface area contributed by atoms with Crippen molar-refractivity contribution >= 4 is 16.3 Å². The highest BCUT2D eigenvalue weighted by Gasteiger charge is 2.27. The number of rotatable bonds is 4. The Bertz CT molecular complexity index is 471. The van der Waals surface area contributed by atoms with Gasteiger partial charge < -0.3 is 0 Å². The third-order valence-electron chi connectivity index (χ3n) is 4.36. The molecule has 0 saturated carbocycles. The number of thiophene rings is 1. The maximum Gasteiger partial charge on any atom is 0.324 e. The van der Waals surface area contributed by atoms with Gasteiger partial charge in [-0.15, -0.1) is 0 Å². The smallest absolute Gasteiger partial charge is 0.299 e. The highest BCUT2D eigenvalue weighted by atomic mass is 32.1. The standard InChI is InChI=1S/C14H21N3O2S/c18-17(19)14-8-12(11-20-14)9-15-5-3-4-13(10-15)16-6-1-2-7-16/h8,11,13H,1-7,9-10H2/t13-/m0/s1. The lowest BCUT2D eigenvalue weighted by atomic mass is 10.0. The van der Waals surface area contributed by atoms with Crippen LogP contribution in [0, 0.1) is 10.1 Å². The zero-order valence-corrected chi connectivity index (χ0v) is 12.5. The van der Waals surface area contributed by atoms with Crippen LogP contribution in [-0.2, 0) is 6.54 Å². The molecule has 2 aliphatic rings. The molecule has 2 saturated heterocycles. The second kappa shape index (κ2) is 6.20. The molecule has 0 unspecified atom stereocenters. The fourth-order valence-corrected chi connectivity index (χ4v) is 4.10. The molecule has 110 valence electrons. The molecule has 5 nitrogen and oxygen atoms in total. The van der Waals surface area contributed by atoms with E-state index in [0.29, 0.717) is 6.04 Å². The molecule has 6 heteroatoms. The molecule has 2 aliphatic heterocycles. The van der Waals surface area contributed by atoms with Gasteiger partial charge in [-0.1, -0.05) is 11.3 Å². The molecule has 3 heterocycles. The number of likely N-dealkylation sites (tertiary alicyclic amines) is 2. The van der Waals surface area contributed by atoms with Crippen molar-refractivity contribution in [3.8, 4) is 0 Å². The van der Waals surface area contributed by atoms with E-state index in [1.54, 1.807) is 6.07 Å². The van der Waals surface area contributed by atoms with Crippen LogP contribution in [0.2, 0.25) is 0 Å². The molecule has 3 rings (SSSR count). The van der Waals surface area contributed by atoms with E-state index < -0.39 is 0 Å². The molecular formula is C14H21N3O2S. The van der Waals surface area contributed by atoms with E-state index in [1.165, 1.54) is 50.1 Å². The summed E-state index contributed by atoms with van der Waals surface area (Å²) >= 11 is 1.24. The van der Waals surface area contributed by atoms with Gasteiger partial charge in [0, 0.05) is 30.6 Å². The molecule has 0 radical (unpaired) electrons.